The van der Waals surface area contributed by atoms with Gasteiger partial charge in [0.15, 0.2) is 0 Å². The highest BCUT2D eigenvalue weighted by molar-refractivity contribution is 7.14. The van der Waals surface area contributed by atoms with Gasteiger partial charge in [-0.2, -0.15) is 0 Å². The second kappa shape index (κ2) is 5.19. The lowest BCUT2D eigenvalue weighted by Gasteiger charge is -1.99. The van der Waals surface area contributed by atoms with Gasteiger partial charge >= 0.3 is 0 Å². The van der Waals surface area contributed by atoms with E-state index in [9.17, 15) is 10.1 Å². The van der Waals surface area contributed by atoms with Crippen molar-refractivity contribution >= 4 is 17.0 Å². The van der Waals surface area contributed by atoms with Crippen molar-refractivity contribution in [2.24, 2.45) is 0 Å². The molecule has 0 aliphatic carbocycles. The highest BCUT2D eigenvalue weighted by atomic mass is 32.1. The third-order valence-electron chi connectivity index (χ3n) is 2.44. The molecule has 1 aromatic heterocycles. The summed E-state index contributed by atoms with van der Waals surface area (Å²) in [5.74, 6) is 0. The van der Waals surface area contributed by atoms with E-state index in [1.807, 2.05) is 7.05 Å². The largest absolute Gasteiger partial charge is 0.313 e. The smallest absolute Gasteiger partial charge is 0.272 e. The second-order valence-electron chi connectivity index (χ2n) is 3.79. The van der Waals surface area contributed by atoms with Gasteiger partial charge in [-0.15, -0.1) is 10.2 Å². The van der Waals surface area contributed by atoms with Crippen LogP contribution in [0, 0.1) is 17.0 Å². The lowest BCUT2D eigenvalue weighted by molar-refractivity contribution is -0.385. The summed E-state index contributed by atoms with van der Waals surface area (Å²) in [4.78, 5) is 10.3. The zero-order valence-corrected chi connectivity index (χ0v) is 10.8. The Morgan fingerprint density at radius 2 is 2.22 bits per heavy atom. The average molecular weight is 264 g/mol. The molecule has 0 radical (unpaired) electrons. The van der Waals surface area contributed by atoms with Crippen LogP contribution in [-0.2, 0) is 6.54 Å². The number of nitro groups is 1. The fraction of sp³-hybridized carbons (Fsp3) is 0.273. The summed E-state index contributed by atoms with van der Waals surface area (Å²) < 4.78 is 0. The molecule has 6 nitrogen and oxygen atoms in total. The summed E-state index contributed by atoms with van der Waals surface area (Å²) in [6.45, 7) is 2.39. The summed E-state index contributed by atoms with van der Waals surface area (Å²) in [6, 6.07) is 4.97. The first-order valence-corrected chi connectivity index (χ1v) is 6.16. The molecule has 2 rings (SSSR count). The van der Waals surface area contributed by atoms with Crippen molar-refractivity contribution in [1.29, 1.82) is 0 Å². The Labute approximate surface area is 108 Å². The number of hydrogen-bond acceptors (Lipinski definition) is 6. The molecule has 0 amide bonds. The molecule has 7 heteroatoms. The molecule has 94 valence electrons. The van der Waals surface area contributed by atoms with Crippen LogP contribution in [0.3, 0.4) is 0 Å². The number of rotatable bonds is 4. The van der Waals surface area contributed by atoms with Gasteiger partial charge in [-0.3, -0.25) is 10.1 Å². The highest BCUT2D eigenvalue weighted by Gasteiger charge is 2.13. The molecule has 0 bridgehead atoms. The van der Waals surface area contributed by atoms with E-state index in [-0.39, 0.29) is 10.6 Å². The summed E-state index contributed by atoms with van der Waals surface area (Å²) in [5.41, 5.74) is 1.61. The molecular formula is C11H12N4O2S. The lowest BCUT2D eigenvalue weighted by Crippen LogP contribution is -2.04. The minimum Gasteiger partial charge on any atom is -0.313 e. The average Bonchev–Trinajstić information content (AvgIpc) is 2.77. The summed E-state index contributed by atoms with van der Waals surface area (Å²) in [6.07, 6.45) is 0. The number of benzene rings is 1. The first kappa shape index (κ1) is 12.6. The van der Waals surface area contributed by atoms with Crippen molar-refractivity contribution in [3.8, 4) is 10.6 Å². The predicted molar refractivity (Wildman–Crippen MR) is 69.5 cm³/mol. The maximum Gasteiger partial charge on any atom is 0.272 e. The van der Waals surface area contributed by atoms with Crippen LogP contribution in [0.4, 0.5) is 5.69 Å². The topological polar surface area (TPSA) is 81.0 Å². The Morgan fingerprint density at radius 1 is 1.44 bits per heavy atom. The predicted octanol–water partition coefficient (Wildman–Crippen LogP) is 2.14. The maximum absolute atomic E-state index is 10.7. The Kier molecular flexibility index (Phi) is 3.63. The summed E-state index contributed by atoms with van der Waals surface area (Å²) in [5, 5.41) is 23.5. The number of aryl methyl sites for hydroxylation is 1. The van der Waals surface area contributed by atoms with Crippen LogP contribution in [0.1, 0.15) is 10.6 Å². The van der Waals surface area contributed by atoms with E-state index in [1.165, 1.54) is 17.4 Å². The SMILES string of the molecule is CNCc1nnc(-c2ccc([N+](=O)[O-])c(C)c2)s1. The van der Waals surface area contributed by atoms with Crippen LogP contribution in [0.5, 0.6) is 0 Å². The van der Waals surface area contributed by atoms with Crippen molar-refractivity contribution < 1.29 is 4.92 Å². The van der Waals surface area contributed by atoms with Crippen LogP contribution in [0.15, 0.2) is 18.2 Å². The van der Waals surface area contributed by atoms with E-state index in [2.05, 4.69) is 15.5 Å². The molecule has 1 N–H and O–H groups in total. The van der Waals surface area contributed by atoms with E-state index in [4.69, 9.17) is 0 Å². The molecule has 0 saturated carbocycles. The van der Waals surface area contributed by atoms with E-state index < -0.39 is 0 Å². The Morgan fingerprint density at radius 3 is 2.83 bits per heavy atom. The summed E-state index contributed by atoms with van der Waals surface area (Å²) >= 11 is 1.48. The first-order valence-electron chi connectivity index (χ1n) is 5.34. The Balaban J connectivity index is 2.33. The zero-order valence-electron chi connectivity index (χ0n) is 10.0. The molecule has 0 saturated heterocycles. The second-order valence-corrected chi connectivity index (χ2v) is 4.85. The monoisotopic (exact) mass is 264 g/mol. The van der Waals surface area contributed by atoms with Crippen LogP contribution < -0.4 is 5.32 Å². The van der Waals surface area contributed by atoms with E-state index in [0.717, 1.165) is 15.6 Å². The Hall–Kier alpha value is -1.86. The standard InChI is InChI=1S/C11H12N4O2S/c1-7-5-8(3-4-9(7)15(16)17)11-14-13-10(18-11)6-12-2/h3-5,12H,6H2,1-2H3. The van der Waals surface area contributed by atoms with Crippen molar-refractivity contribution in [1.82, 2.24) is 15.5 Å². The minimum absolute atomic E-state index is 0.124. The van der Waals surface area contributed by atoms with Crippen molar-refractivity contribution in [3.63, 3.8) is 0 Å². The van der Waals surface area contributed by atoms with Crippen molar-refractivity contribution in [2.45, 2.75) is 13.5 Å². The van der Waals surface area contributed by atoms with Crippen LogP contribution >= 0.6 is 11.3 Å². The number of aromatic nitrogens is 2. The summed E-state index contributed by atoms with van der Waals surface area (Å²) in [7, 11) is 1.84. The van der Waals surface area contributed by atoms with Gasteiger partial charge in [0, 0.05) is 23.7 Å². The van der Waals surface area contributed by atoms with Gasteiger partial charge in [0.05, 0.1) is 4.92 Å². The van der Waals surface area contributed by atoms with Crippen LogP contribution in [0.25, 0.3) is 10.6 Å². The maximum atomic E-state index is 10.7. The zero-order chi connectivity index (χ0) is 13.1. The van der Waals surface area contributed by atoms with Gasteiger partial charge in [-0.1, -0.05) is 11.3 Å². The van der Waals surface area contributed by atoms with Gasteiger partial charge in [-0.05, 0) is 26.1 Å². The quantitative estimate of drug-likeness (QED) is 0.676. The number of hydrogen-bond donors (Lipinski definition) is 1. The highest BCUT2D eigenvalue weighted by Crippen LogP contribution is 2.28. The number of nitro benzene ring substituents is 1. The normalized spacial score (nSPS) is 10.6. The molecule has 1 heterocycles. The van der Waals surface area contributed by atoms with Crippen LogP contribution in [-0.4, -0.2) is 22.2 Å². The third kappa shape index (κ3) is 2.52. The fourth-order valence-corrected chi connectivity index (χ4v) is 2.43. The Bertz CT molecular complexity index is 582. The first-order chi connectivity index (χ1) is 8.61. The molecule has 2 aromatic rings. The lowest BCUT2D eigenvalue weighted by atomic mass is 10.1. The number of nitrogens with zero attached hydrogens (tertiary/aromatic N) is 3. The van der Waals surface area contributed by atoms with Crippen molar-refractivity contribution in [3.05, 3.63) is 38.9 Å². The van der Waals surface area contributed by atoms with Gasteiger partial charge in [0.25, 0.3) is 5.69 Å². The van der Waals surface area contributed by atoms with E-state index in [1.54, 1.807) is 19.1 Å². The van der Waals surface area contributed by atoms with E-state index in [0.29, 0.717) is 12.1 Å². The molecule has 0 unspecified atom stereocenters. The molecule has 1 aromatic carbocycles. The molecule has 18 heavy (non-hydrogen) atoms. The van der Waals surface area contributed by atoms with Gasteiger partial charge in [0.2, 0.25) is 0 Å². The third-order valence-corrected chi connectivity index (χ3v) is 3.41. The molecule has 0 atom stereocenters. The van der Waals surface area contributed by atoms with E-state index >= 15 is 0 Å². The van der Waals surface area contributed by atoms with Gasteiger partial charge in [0.1, 0.15) is 10.0 Å². The molecular weight excluding hydrogens is 252 g/mol. The number of nitrogens with one attached hydrogen (secondary N) is 1. The van der Waals surface area contributed by atoms with Gasteiger partial charge in [-0.25, -0.2) is 0 Å². The van der Waals surface area contributed by atoms with Crippen LogP contribution in [0.2, 0.25) is 0 Å². The fourth-order valence-electron chi connectivity index (χ4n) is 1.59. The molecule has 0 aliphatic rings. The van der Waals surface area contributed by atoms with Crippen molar-refractivity contribution in [2.75, 3.05) is 7.05 Å². The molecule has 0 fully saturated rings. The molecule has 0 spiro atoms. The minimum atomic E-state index is -0.383. The van der Waals surface area contributed by atoms with Gasteiger partial charge < -0.3 is 5.32 Å². The molecule has 0 aliphatic heterocycles.